The molecule has 6 fully saturated rings. The quantitative estimate of drug-likeness (QED) is 0.0398. The molecule has 1 spiro atoms. The van der Waals surface area contributed by atoms with Gasteiger partial charge in [-0.05, 0) is 117 Å². The monoisotopic (exact) mass is 1400 g/mol. The normalized spacial score (nSPS) is 26.9. The third-order valence-electron chi connectivity index (χ3n) is 20.6. The molecule has 31 heteroatoms. The molecule has 9 rings (SSSR count). The van der Waals surface area contributed by atoms with Gasteiger partial charge in [0, 0.05) is 113 Å². The van der Waals surface area contributed by atoms with E-state index in [1.54, 1.807) is 24.3 Å². The standard InChI is InChI=1S/C69H102N12O19/c1-40-34-81-60(61(40)92)66(97)72-33-49(87)31-51(73-62(93)43-6-8-46(9-7-43)78-24-26-79(27-25-78)48-12-10-47(11-13-48)77-22-18-69(19-23-77)16-3-4-17-69)63(94)74-57(41(2)86)67(98)80-35-50(88)32-52(80)64(95)75-58(65(96)76-59(68(81)99)54(90)15-20-70-44(36-82)37-83)55(91)29-42-5-14-53(89)56(30-42)100-28-21-71-45(38-84)39-85/h5-14,30,40-41,44-45,49-52,54-55,57-61,70-71,82-92H,3-4,15-29,31-39H2,1-2H3,(H,72,97)(H,73,93)(H,74,94)(H,75,95)(H,76,96)/t40-,41+,49+,50+,51?,52-,54+,55+,57-,58-,59-,60-,61-/m0/s1. The molecule has 5 saturated heterocycles. The van der Waals surface area contributed by atoms with Gasteiger partial charge in [-0.1, -0.05) is 25.8 Å². The van der Waals surface area contributed by atoms with Crippen molar-refractivity contribution < 1.29 is 94.5 Å². The van der Waals surface area contributed by atoms with Crippen molar-refractivity contribution in [3.05, 3.63) is 77.9 Å². The highest BCUT2D eigenvalue weighted by Crippen LogP contribution is 2.47. The van der Waals surface area contributed by atoms with Crippen LogP contribution in [0.1, 0.15) is 87.6 Å². The number of carbonyl (C=O) groups excluding carboxylic acids is 7. The first kappa shape index (κ1) is 76.6. The Hall–Kier alpha value is -7.53. The molecule has 100 heavy (non-hydrogen) atoms. The van der Waals surface area contributed by atoms with Crippen LogP contribution in [0.15, 0.2) is 66.7 Å². The minimum atomic E-state index is -2.13. The molecule has 0 aromatic heterocycles. The number of β-amino-alcohol motifs (C(OH)–C–C–N with tert-alkyl or cyclic N) is 1. The molecule has 18 N–H and O–H groups in total. The largest absolute Gasteiger partial charge is 0.504 e. The second kappa shape index (κ2) is 35.4. The number of nitrogens with one attached hydrogen (secondary N) is 7. The maximum atomic E-state index is 15.1. The highest BCUT2D eigenvalue weighted by Gasteiger charge is 2.50. The Kier molecular flexibility index (Phi) is 27.1. The Labute approximate surface area is 581 Å². The Morgan fingerprint density at radius 3 is 1.76 bits per heavy atom. The van der Waals surface area contributed by atoms with Crippen molar-refractivity contribution in [3.8, 4) is 11.5 Å². The maximum Gasteiger partial charge on any atom is 0.251 e. The number of benzene rings is 3. The van der Waals surface area contributed by atoms with Gasteiger partial charge in [-0.25, -0.2) is 0 Å². The highest BCUT2D eigenvalue weighted by atomic mass is 16.5. The molecule has 13 atom stereocenters. The van der Waals surface area contributed by atoms with E-state index in [1.165, 1.54) is 69.3 Å². The molecule has 552 valence electrons. The van der Waals surface area contributed by atoms with Crippen molar-refractivity contribution >= 4 is 58.4 Å². The van der Waals surface area contributed by atoms with Gasteiger partial charge in [-0.3, -0.25) is 33.6 Å². The van der Waals surface area contributed by atoms with E-state index in [-0.39, 0.29) is 62.1 Å². The predicted molar refractivity (Wildman–Crippen MR) is 365 cm³/mol. The number of fused-ring (bicyclic) bond motifs is 2. The number of hydrogen-bond acceptors (Lipinski definition) is 24. The van der Waals surface area contributed by atoms with Crippen molar-refractivity contribution in [3.63, 3.8) is 0 Å². The number of carbonyl (C=O) groups is 7. The molecule has 0 bridgehead atoms. The fraction of sp³-hybridized carbons (Fsp3) is 0.638. The van der Waals surface area contributed by atoms with Gasteiger partial charge in [0.1, 0.15) is 42.9 Å². The van der Waals surface area contributed by atoms with Gasteiger partial charge >= 0.3 is 0 Å². The van der Waals surface area contributed by atoms with Crippen LogP contribution in [0, 0.1) is 11.3 Å². The summed E-state index contributed by atoms with van der Waals surface area (Å²) in [7, 11) is 0. The first-order valence-corrected chi connectivity index (χ1v) is 34.9. The molecule has 31 nitrogen and oxygen atoms in total. The zero-order valence-electron chi connectivity index (χ0n) is 56.8. The lowest BCUT2D eigenvalue weighted by atomic mass is 9.77. The molecule has 5 heterocycles. The smallest absolute Gasteiger partial charge is 0.251 e. The van der Waals surface area contributed by atoms with Crippen LogP contribution in [0.5, 0.6) is 11.5 Å². The van der Waals surface area contributed by atoms with Crippen molar-refractivity contribution in [2.24, 2.45) is 11.3 Å². The van der Waals surface area contributed by atoms with Gasteiger partial charge in [-0.15, -0.1) is 0 Å². The van der Waals surface area contributed by atoms with E-state index in [9.17, 15) is 84.9 Å². The Balaban J connectivity index is 0.952. The van der Waals surface area contributed by atoms with Gasteiger partial charge in [0.25, 0.3) is 5.91 Å². The van der Waals surface area contributed by atoms with Crippen LogP contribution in [-0.4, -0.2) is 297 Å². The van der Waals surface area contributed by atoms with E-state index < -0.39 is 184 Å². The van der Waals surface area contributed by atoms with E-state index in [2.05, 4.69) is 76.2 Å². The maximum absolute atomic E-state index is 15.1. The second-order valence-corrected chi connectivity index (χ2v) is 27.7. The summed E-state index contributed by atoms with van der Waals surface area (Å²) in [5.74, 6) is -9.01. The molecule has 3 aromatic rings. The average Bonchev–Trinajstić information content (AvgIpc) is 1.57. The number of aliphatic hydroxyl groups excluding tert-OH is 10. The zero-order valence-corrected chi connectivity index (χ0v) is 56.8. The number of rotatable bonds is 23. The molecule has 1 saturated carbocycles. The number of aromatic hydroxyl groups is 1. The summed E-state index contributed by atoms with van der Waals surface area (Å²) in [6.07, 6.45) is -4.50. The van der Waals surface area contributed by atoms with Crippen molar-refractivity contribution in [1.82, 2.24) is 47.0 Å². The lowest BCUT2D eigenvalue weighted by molar-refractivity contribution is -0.147. The van der Waals surface area contributed by atoms with Crippen LogP contribution < -0.4 is 56.7 Å². The molecule has 1 aliphatic carbocycles. The summed E-state index contributed by atoms with van der Waals surface area (Å²) in [6, 6.07) is 6.53. The van der Waals surface area contributed by atoms with Gasteiger partial charge in [0.05, 0.1) is 75.1 Å². The van der Waals surface area contributed by atoms with E-state index >= 15 is 4.79 Å². The first-order valence-electron chi connectivity index (χ1n) is 34.9. The Bertz CT molecular complexity index is 3220. The topological polar surface area (TPSA) is 452 Å². The average molecular weight is 1400 g/mol. The summed E-state index contributed by atoms with van der Waals surface area (Å²) >= 11 is 0. The lowest BCUT2D eigenvalue weighted by Crippen LogP contribution is -2.64. The van der Waals surface area contributed by atoms with Crippen LogP contribution in [-0.2, 0) is 35.2 Å². The summed E-state index contributed by atoms with van der Waals surface area (Å²) in [6.45, 7) is 4.08. The summed E-state index contributed by atoms with van der Waals surface area (Å²) < 4.78 is 5.73. The van der Waals surface area contributed by atoms with E-state index in [0.717, 1.165) is 54.3 Å². The van der Waals surface area contributed by atoms with E-state index in [4.69, 9.17) is 4.74 Å². The number of piperazine rings is 1. The van der Waals surface area contributed by atoms with E-state index in [1.807, 2.05) is 0 Å². The van der Waals surface area contributed by atoms with Crippen LogP contribution in [0.25, 0.3) is 0 Å². The third-order valence-corrected chi connectivity index (χ3v) is 20.6. The van der Waals surface area contributed by atoms with Crippen LogP contribution in [0.3, 0.4) is 0 Å². The fourth-order valence-electron chi connectivity index (χ4n) is 14.5. The number of aliphatic hydroxyl groups is 10. The highest BCUT2D eigenvalue weighted by molar-refractivity contribution is 6.00. The summed E-state index contributed by atoms with van der Waals surface area (Å²) in [4.78, 5) is 112. The minimum Gasteiger partial charge on any atom is -0.504 e. The molecule has 6 aliphatic rings. The molecular formula is C69H102N12O19. The number of nitrogens with zero attached hydrogens (tertiary/aromatic N) is 5. The van der Waals surface area contributed by atoms with Crippen molar-refractivity contribution in [2.75, 3.05) is 120 Å². The number of amides is 7. The first-order chi connectivity index (χ1) is 47.9. The Morgan fingerprint density at radius 1 is 0.620 bits per heavy atom. The number of piperidine rings is 1. The number of hydrogen-bond donors (Lipinski definition) is 18. The summed E-state index contributed by atoms with van der Waals surface area (Å²) in [5.41, 5.74) is 4.03. The molecule has 1 unspecified atom stereocenters. The zero-order chi connectivity index (χ0) is 71.9. The van der Waals surface area contributed by atoms with Crippen molar-refractivity contribution in [1.29, 1.82) is 0 Å². The number of phenols is 1. The summed E-state index contributed by atoms with van der Waals surface area (Å²) in [5, 5.41) is 137. The predicted octanol–water partition coefficient (Wildman–Crippen LogP) is -4.52. The van der Waals surface area contributed by atoms with Gasteiger partial charge in [-0.2, -0.15) is 0 Å². The SMILES string of the molecule is C[C@@H](O)[C@@H]1NC(=O)C(NC(=O)c2ccc(N3CCN(c4ccc(N5CCC6(CCCC6)CC5)cc4)CC3)cc2)C[C@@H](O)CNC(=O)[C@@H]2[C@@H](O)[C@@H](C)CN2C(=O)[C@H]([C@H](O)CCNC(CO)CO)NC(=O)[C@H]([C@H](O)Cc2ccc(O)c(OCCNC(CO)CO)c2)NC(=O)[C@@H]2C[C@@H](O)CN2C1=O. The molecule has 3 aromatic carbocycles. The molecule has 0 radical (unpaired) electrons. The van der Waals surface area contributed by atoms with Crippen LogP contribution in [0.4, 0.5) is 17.1 Å². The Morgan fingerprint density at radius 2 is 1.17 bits per heavy atom. The van der Waals surface area contributed by atoms with Gasteiger partial charge in [0.15, 0.2) is 11.5 Å². The minimum absolute atomic E-state index is 0.0914. The second-order valence-electron chi connectivity index (χ2n) is 27.7. The third kappa shape index (κ3) is 19.1. The van der Waals surface area contributed by atoms with Gasteiger partial charge < -0.3 is 123 Å². The van der Waals surface area contributed by atoms with Crippen LogP contribution >= 0.6 is 0 Å². The van der Waals surface area contributed by atoms with Crippen LogP contribution in [0.2, 0.25) is 0 Å². The van der Waals surface area contributed by atoms with Gasteiger partial charge in [0.2, 0.25) is 35.4 Å². The van der Waals surface area contributed by atoms with Crippen molar-refractivity contribution in [2.45, 2.75) is 163 Å². The van der Waals surface area contributed by atoms with E-state index in [0.29, 0.717) is 18.5 Å². The molecular weight excluding hydrogens is 1300 g/mol. The molecule has 7 amide bonds. The number of ether oxygens (including phenoxy) is 1. The number of phenolic OH excluding ortho intramolecular Hbond substituents is 1. The number of anilines is 3. The fourth-order valence-corrected chi connectivity index (χ4v) is 14.5. The lowest BCUT2D eigenvalue weighted by Gasteiger charge is -2.41. The molecule has 5 aliphatic heterocycles.